The van der Waals surface area contributed by atoms with E-state index in [4.69, 9.17) is 10.2 Å². The van der Waals surface area contributed by atoms with Crippen molar-refractivity contribution in [2.45, 2.75) is 22.6 Å². The number of carboxylic acids is 1. The summed E-state index contributed by atoms with van der Waals surface area (Å²) < 4.78 is 36.1. The Balaban J connectivity index is 2.80. The molecule has 0 fully saturated rings. The first kappa shape index (κ1) is 14.8. The van der Waals surface area contributed by atoms with Crippen LogP contribution in [-0.2, 0) is 4.79 Å². The Morgan fingerprint density at radius 3 is 2.06 bits per heavy atom. The summed E-state index contributed by atoms with van der Waals surface area (Å²) in [6.07, 6.45) is -3.71. The van der Waals surface area contributed by atoms with E-state index < -0.39 is 23.7 Å². The van der Waals surface area contributed by atoms with Crippen molar-refractivity contribution in [1.82, 2.24) is 0 Å². The van der Waals surface area contributed by atoms with Gasteiger partial charge in [-0.3, -0.25) is 0 Å². The van der Waals surface area contributed by atoms with E-state index >= 15 is 0 Å². The molecule has 0 bridgehead atoms. The average Bonchev–Trinajstić information content (AvgIpc) is 2.26. The highest BCUT2D eigenvalue weighted by Crippen LogP contribution is 2.37. The number of benzene rings is 1. The first-order chi connectivity index (χ1) is 8.20. The van der Waals surface area contributed by atoms with Crippen molar-refractivity contribution in [3.63, 3.8) is 0 Å². The predicted octanol–water partition coefficient (Wildman–Crippen LogP) is 1.78. The van der Waals surface area contributed by atoms with Gasteiger partial charge in [-0.15, -0.1) is 0 Å². The van der Waals surface area contributed by atoms with Crippen LogP contribution >= 0.6 is 11.8 Å². The zero-order valence-electron chi connectivity index (χ0n) is 8.76. The van der Waals surface area contributed by atoms with Gasteiger partial charge in [0, 0.05) is 4.90 Å². The molecular weight excluding hydrogens is 273 g/mol. The summed E-state index contributed by atoms with van der Waals surface area (Å²) in [5.74, 6) is -1.61. The van der Waals surface area contributed by atoms with Crippen LogP contribution in [0.3, 0.4) is 0 Å². The Morgan fingerprint density at radius 2 is 1.67 bits per heavy atom. The summed E-state index contributed by atoms with van der Waals surface area (Å²) >= 11 is -0.325. The molecule has 4 nitrogen and oxygen atoms in total. The topological polar surface area (TPSA) is 77.8 Å². The number of hydrogen-bond acceptors (Lipinski definition) is 4. The van der Waals surface area contributed by atoms with E-state index in [1.807, 2.05) is 0 Å². The highest BCUT2D eigenvalue weighted by Gasteiger charge is 2.29. The number of rotatable bonds is 4. The third-order valence-electron chi connectivity index (χ3n) is 2.01. The smallest absolute Gasteiger partial charge is 0.446 e. The molecule has 2 atom stereocenters. The van der Waals surface area contributed by atoms with Crippen LogP contribution in [0.2, 0.25) is 0 Å². The number of carbonyl (C=O) groups is 1. The fourth-order valence-electron chi connectivity index (χ4n) is 1.18. The Hall–Kier alpha value is -1.25. The third kappa shape index (κ3) is 4.21. The summed E-state index contributed by atoms with van der Waals surface area (Å²) in [4.78, 5) is 10.3. The molecule has 0 aliphatic rings. The quantitative estimate of drug-likeness (QED) is 0.734. The van der Waals surface area contributed by atoms with Crippen molar-refractivity contribution in [3.05, 3.63) is 29.8 Å². The van der Waals surface area contributed by atoms with Crippen LogP contribution in [0, 0.1) is 0 Å². The summed E-state index contributed by atoms with van der Waals surface area (Å²) in [6.45, 7) is 0. The Bertz CT molecular complexity index is 418. The second-order valence-corrected chi connectivity index (χ2v) is 4.48. The van der Waals surface area contributed by atoms with Crippen molar-refractivity contribution in [2.75, 3.05) is 0 Å². The van der Waals surface area contributed by atoms with Gasteiger partial charge in [0.15, 0.2) is 6.10 Å². The molecule has 1 rings (SSSR count). The molecule has 0 aliphatic carbocycles. The lowest BCUT2D eigenvalue weighted by atomic mass is 10.0. The van der Waals surface area contributed by atoms with Gasteiger partial charge < -0.3 is 15.3 Å². The van der Waals surface area contributed by atoms with Gasteiger partial charge in [0.2, 0.25) is 0 Å². The lowest BCUT2D eigenvalue weighted by molar-refractivity contribution is -0.153. The van der Waals surface area contributed by atoms with Crippen molar-refractivity contribution in [2.24, 2.45) is 0 Å². The van der Waals surface area contributed by atoms with Crippen molar-refractivity contribution in [1.29, 1.82) is 0 Å². The minimum Gasteiger partial charge on any atom is -0.479 e. The SMILES string of the molecule is O=C(O)C(O)C(O)c1ccc(SC(F)(F)F)cc1. The second kappa shape index (κ2) is 5.59. The number of aliphatic hydroxyl groups is 2. The number of carboxylic acid groups (broad SMARTS) is 1. The first-order valence-electron chi connectivity index (χ1n) is 4.65. The fraction of sp³-hybridized carbons (Fsp3) is 0.300. The molecule has 0 heterocycles. The monoisotopic (exact) mass is 282 g/mol. The summed E-state index contributed by atoms with van der Waals surface area (Å²) in [5.41, 5.74) is -4.39. The molecule has 0 radical (unpaired) electrons. The van der Waals surface area contributed by atoms with Gasteiger partial charge in [0.25, 0.3) is 0 Å². The maximum atomic E-state index is 12.0. The molecule has 0 spiro atoms. The Kier molecular flexibility index (Phi) is 4.60. The van der Waals surface area contributed by atoms with E-state index in [2.05, 4.69) is 0 Å². The van der Waals surface area contributed by atoms with E-state index in [1.54, 1.807) is 0 Å². The van der Waals surface area contributed by atoms with Gasteiger partial charge in [0.1, 0.15) is 6.10 Å². The normalized spacial score (nSPS) is 15.2. The maximum Gasteiger partial charge on any atom is 0.446 e. The van der Waals surface area contributed by atoms with Crippen LogP contribution in [0.15, 0.2) is 29.2 Å². The first-order valence-corrected chi connectivity index (χ1v) is 5.47. The molecule has 3 N–H and O–H groups in total. The molecule has 0 amide bonds. The number of hydrogen-bond donors (Lipinski definition) is 3. The molecule has 0 saturated heterocycles. The molecule has 0 saturated carbocycles. The largest absolute Gasteiger partial charge is 0.479 e. The maximum absolute atomic E-state index is 12.0. The zero-order valence-corrected chi connectivity index (χ0v) is 9.57. The van der Waals surface area contributed by atoms with Gasteiger partial charge in [0.05, 0.1) is 0 Å². The molecule has 8 heteroatoms. The van der Waals surface area contributed by atoms with Crippen LogP contribution in [0.25, 0.3) is 0 Å². The van der Waals surface area contributed by atoms with Gasteiger partial charge in [-0.05, 0) is 29.5 Å². The van der Waals surface area contributed by atoms with E-state index in [0.29, 0.717) is 0 Å². The predicted molar refractivity (Wildman–Crippen MR) is 57.0 cm³/mol. The van der Waals surface area contributed by atoms with E-state index in [-0.39, 0.29) is 22.2 Å². The molecule has 100 valence electrons. The summed E-state index contributed by atoms with van der Waals surface area (Å²) in [5, 5.41) is 27.0. The Labute approximate surface area is 104 Å². The third-order valence-corrected chi connectivity index (χ3v) is 2.75. The van der Waals surface area contributed by atoms with E-state index in [9.17, 15) is 23.1 Å². The van der Waals surface area contributed by atoms with E-state index in [0.717, 1.165) is 24.3 Å². The highest BCUT2D eigenvalue weighted by atomic mass is 32.2. The lowest BCUT2D eigenvalue weighted by Gasteiger charge is -2.14. The van der Waals surface area contributed by atoms with E-state index in [1.165, 1.54) is 0 Å². The minimum absolute atomic E-state index is 0.0245. The van der Waals surface area contributed by atoms with Crippen molar-refractivity contribution >= 4 is 17.7 Å². The summed E-state index contributed by atoms with van der Waals surface area (Å²) in [6, 6.07) is 4.44. The molecular formula is C10H9F3O4S. The second-order valence-electron chi connectivity index (χ2n) is 3.34. The van der Waals surface area contributed by atoms with Gasteiger partial charge in [-0.25, -0.2) is 4.79 Å². The highest BCUT2D eigenvalue weighted by molar-refractivity contribution is 8.00. The zero-order chi connectivity index (χ0) is 13.9. The van der Waals surface area contributed by atoms with Gasteiger partial charge in [-0.1, -0.05) is 12.1 Å². The average molecular weight is 282 g/mol. The fourth-order valence-corrected chi connectivity index (χ4v) is 1.72. The molecule has 0 aliphatic heterocycles. The van der Waals surface area contributed by atoms with Crippen molar-refractivity contribution < 1.29 is 33.3 Å². The summed E-state index contributed by atoms with van der Waals surface area (Å²) in [7, 11) is 0. The van der Waals surface area contributed by atoms with Gasteiger partial charge >= 0.3 is 11.5 Å². The number of aliphatic carboxylic acids is 1. The van der Waals surface area contributed by atoms with Crippen LogP contribution in [-0.4, -0.2) is 32.9 Å². The van der Waals surface area contributed by atoms with Crippen LogP contribution in [0.4, 0.5) is 13.2 Å². The number of halogens is 3. The molecule has 1 aromatic rings. The number of alkyl halides is 3. The van der Waals surface area contributed by atoms with Crippen LogP contribution in [0.1, 0.15) is 11.7 Å². The molecule has 1 aromatic carbocycles. The van der Waals surface area contributed by atoms with Gasteiger partial charge in [-0.2, -0.15) is 13.2 Å². The number of thioether (sulfide) groups is 1. The Morgan fingerprint density at radius 1 is 1.17 bits per heavy atom. The van der Waals surface area contributed by atoms with Crippen molar-refractivity contribution in [3.8, 4) is 0 Å². The van der Waals surface area contributed by atoms with Crippen LogP contribution in [0.5, 0.6) is 0 Å². The standard InChI is InChI=1S/C10H9F3O4S/c11-10(12,13)18-6-3-1-5(2-4-6)7(14)8(15)9(16)17/h1-4,7-8,14-15H,(H,16,17). The lowest BCUT2D eigenvalue weighted by Crippen LogP contribution is -2.27. The van der Waals surface area contributed by atoms with Crippen LogP contribution < -0.4 is 0 Å². The minimum atomic E-state index is -4.42. The molecule has 2 unspecified atom stereocenters. The number of aliphatic hydroxyl groups excluding tert-OH is 2. The molecule has 0 aromatic heterocycles. The molecule has 18 heavy (non-hydrogen) atoms.